The summed E-state index contributed by atoms with van der Waals surface area (Å²) in [5.74, 6) is 0.903. The second-order valence-electron chi connectivity index (χ2n) is 6.98. The van der Waals surface area contributed by atoms with Crippen molar-refractivity contribution in [1.82, 2.24) is 20.5 Å². The Morgan fingerprint density at radius 2 is 2.04 bits per heavy atom. The minimum Gasteiger partial charge on any atom is -0.357 e. The van der Waals surface area contributed by atoms with Gasteiger partial charge in [-0.2, -0.15) is 0 Å². The number of benzene rings is 1. The molecule has 2 aromatic rings. The normalized spacial score (nSPS) is 14.9. The van der Waals surface area contributed by atoms with Crippen LogP contribution in [0.4, 0.5) is 0 Å². The first kappa shape index (κ1) is 19.8. The van der Waals surface area contributed by atoms with Gasteiger partial charge in [0.25, 0.3) is 0 Å². The topological polar surface area (TPSA) is 52.6 Å². The Morgan fingerprint density at radius 3 is 2.78 bits per heavy atom. The van der Waals surface area contributed by atoms with E-state index in [1.807, 2.05) is 0 Å². The third-order valence-electron chi connectivity index (χ3n) is 4.94. The van der Waals surface area contributed by atoms with Crippen molar-refractivity contribution >= 4 is 17.3 Å². The lowest BCUT2D eigenvalue weighted by Gasteiger charge is -2.28. The predicted octanol–water partition coefficient (Wildman–Crippen LogP) is 2.92. The lowest BCUT2D eigenvalue weighted by molar-refractivity contribution is 0.261. The Kier molecular flexibility index (Phi) is 7.24. The van der Waals surface area contributed by atoms with Crippen molar-refractivity contribution in [3.63, 3.8) is 0 Å². The average molecular weight is 386 g/mol. The maximum absolute atomic E-state index is 4.75. The molecular weight excluding hydrogens is 354 g/mol. The van der Waals surface area contributed by atoms with Crippen molar-refractivity contribution in [3.8, 4) is 0 Å². The summed E-state index contributed by atoms with van der Waals surface area (Å²) in [5.41, 5.74) is 4.12. The highest BCUT2D eigenvalue weighted by atomic mass is 32.1. The van der Waals surface area contributed by atoms with Gasteiger partial charge in [0.15, 0.2) is 5.96 Å². The number of nitrogens with one attached hydrogen (secondary N) is 2. The van der Waals surface area contributed by atoms with E-state index in [-0.39, 0.29) is 0 Å². The molecule has 0 unspecified atom stereocenters. The lowest BCUT2D eigenvalue weighted by Crippen LogP contribution is -2.39. The average Bonchev–Trinajstić information content (AvgIpc) is 2.99. The number of fused-ring (bicyclic) bond motifs is 1. The Balaban J connectivity index is 1.44. The van der Waals surface area contributed by atoms with Gasteiger partial charge in [0.05, 0.1) is 17.2 Å². The zero-order chi connectivity index (χ0) is 19.1. The van der Waals surface area contributed by atoms with Crippen molar-refractivity contribution in [3.05, 3.63) is 51.0 Å². The van der Waals surface area contributed by atoms with E-state index in [0.717, 1.165) is 63.8 Å². The molecule has 0 spiro atoms. The molecule has 2 heterocycles. The van der Waals surface area contributed by atoms with Crippen LogP contribution < -0.4 is 10.6 Å². The van der Waals surface area contributed by atoms with Crippen molar-refractivity contribution in [2.24, 2.45) is 4.99 Å². The van der Waals surface area contributed by atoms with Crippen molar-refractivity contribution in [2.45, 2.75) is 40.2 Å². The predicted molar refractivity (Wildman–Crippen MR) is 115 cm³/mol. The van der Waals surface area contributed by atoms with Gasteiger partial charge >= 0.3 is 0 Å². The summed E-state index contributed by atoms with van der Waals surface area (Å²) in [7, 11) is 0. The number of aliphatic imine (C=N–C) groups is 1. The number of nitrogens with zero attached hydrogens (tertiary/aromatic N) is 3. The molecule has 27 heavy (non-hydrogen) atoms. The Hall–Kier alpha value is -1.92. The number of hydrogen-bond donors (Lipinski definition) is 2. The maximum Gasteiger partial charge on any atom is 0.191 e. The van der Waals surface area contributed by atoms with Crippen molar-refractivity contribution in [1.29, 1.82) is 0 Å². The summed E-state index contributed by atoms with van der Waals surface area (Å²) >= 11 is 1.79. The van der Waals surface area contributed by atoms with Gasteiger partial charge in [-0.05, 0) is 38.3 Å². The third kappa shape index (κ3) is 5.78. The van der Waals surface area contributed by atoms with Crippen LogP contribution in [-0.2, 0) is 19.4 Å². The highest BCUT2D eigenvalue weighted by Gasteiger charge is 2.14. The fourth-order valence-electron chi connectivity index (χ4n) is 3.32. The number of thiazole rings is 1. The monoisotopic (exact) mass is 385 g/mol. The minimum atomic E-state index is 0.812. The molecule has 1 aromatic carbocycles. The van der Waals surface area contributed by atoms with Crippen LogP contribution >= 0.6 is 11.3 Å². The summed E-state index contributed by atoms with van der Waals surface area (Å²) in [6.45, 7) is 12.0. The van der Waals surface area contributed by atoms with Crippen LogP contribution in [-0.4, -0.2) is 48.6 Å². The molecule has 0 amide bonds. The van der Waals surface area contributed by atoms with Gasteiger partial charge in [0.2, 0.25) is 0 Å². The first-order chi connectivity index (χ1) is 13.2. The lowest BCUT2D eigenvalue weighted by atomic mass is 10.0. The van der Waals surface area contributed by atoms with E-state index in [4.69, 9.17) is 4.99 Å². The Labute approximate surface area is 166 Å². The third-order valence-corrected chi connectivity index (χ3v) is 6.08. The zero-order valence-electron chi connectivity index (χ0n) is 16.7. The van der Waals surface area contributed by atoms with Gasteiger partial charge in [-0.1, -0.05) is 24.3 Å². The van der Waals surface area contributed by atoms with Crippen molar-refractivity contribution < 1.29 is 0 Å². The van der Waals surface area contributed by atoms with Gasteiger partial charge < -0.3 is 10.6 Å². The molecule has 0 aliphatic carbocycles. The number of aryl methyl sites for hydroxylation is 2. The molecule has 0 radical (unpaired) electrons. The molecule has 0 saturated carbocycles. The number of aromatic nitrogens is 1. The van der Waals surface area contributed by atoms with Crippen LogP contribution in [0.25, 0.3) is 0 Å². The van der Waals surface area contributed by atoms with Gasteiger partial charge in [0, 0.05) is 44.0 Å². The fourth-order valence-corrected chi connectivity index (χ4v) is 4.26. The molecule has 0 fully saturated rings. The molecule has 1 aromatic heterocycles. The molecule has 2 N–H and O–H groups in total. The van der Waals surface area contributed by atoms with E-state index in [1.165, 1.54) is 21.0 Å². The summed E-state index contributed by atoms with van der Waals surface area (Å²) in [5, 5.41) is 7.98. The number of hydrogen-bond acceptors (Lipinski definition) is 4. The number of guanidine groups is 1. The minimum absolute atomic E-state index is 0.812. The smallest absolute Gasteiger partial charge is 0.191 e. The van der Waals surface area contributed by atoms with Crippen LogP contribution in [0.2, 0.25) is 0 Å². The SMILES string of the molecule is CCNC(=NCCN1CCc2ccccc2C1)NCCc1nc(C)c(C)s1. The quantitative estimate of drug-likeness (QED) is 0.568. The highest BCUT2D eigenvalue weighted by molar-refractivity contribution is 7.11. The van der Waals surface area contributed by atoms with Crippen LogP contribution in [0.3, 0.4) is 0 Å². The molecule has 5 nitrogen and oxygen atoms in total. The standard InChI is InChI=1S/C21H31N5S/c1-4-22-21(23-11-9-20-25-16(2)17(3)27-20)24-12-14-26-13-10-18-7-5-6-8-19(18)15-26/h5-8H,4,9-15H2,1-3H3,(H2,22,23,24). The molecule has 1 aliphatic heterocycles. The molecule has 3 rings (SSSR count). The summed E-state index contributed by atoms with van der Waals surface area (Å²) < 4.78 is 0. The summed E-state index contributed by atoms with van der Waals surface area (Å²) in [6.07, 6.45) is 2.08. The molecular formula is C21H31N5S. The number of rotatable bonds is 7. The van der Waals surface area contributed by atoms with Gasteiger partial charge in [-0.25, -0.2) is 4.98 Å². The van der Waals surface area contributed by atoms with Crippen molar-refractivity contribution in [2.75, 3.05) is 32.7 Å². The van der Waals surface area contributed by atoms with Crippen LogP contribution in [0.1, 0.15) is 33.6 Å². The summed E-state index contributed by atoms with van der Waals surface area (Å²) in [6, 6.07) is 8.78. The molecule has 6 heteroatoms. The van der Waals surface area contributed by atoms with Crippen LogP contribution in [0.15, 0.2) is 29.3 Å². The second-order valence-corrected chi connectivity index (χ2v) is 8.27. The van der Waals surface area contributed by atoms with E-state index in [2.05, 4.69) is 65.6 Å². The highest BCUT2D eigenvalue weighted by Crippen LogP contribution is 2.18. The van der Waals surface area contributed by atoms with Crippen LogP contribution in [0, 0.1) is 13.8 Å². The molecule has 0 saturated heterocycles. The van der Waals surface area contributed by atoms with Gasteiger partial charge in [-0.3, -0.25) is 9.89 Å². The van der Waals surface area contributed by atoms with Crippen LogP contribution in [0.5, 0.6) is 0 Å². The fraction of sp³-hybridized carbons (Fsp3) is 0.524. The molecule has 0 atom stereocenters. The Morgan fingerprint density at radius 1 is 1.22 bits per heavy atom. The van der Waals surface area contributed by atoms with E-state index in [9.17, 15) is 0 Å². The van der Waals surface area contributed by atoms with E-state index in [0.29, 0.717) is 0 Å². The van der Waals surface area contributed by atoms with E-state index >= 15 is 0 Å². The molecule has 146 valence electrons. The zero-order valence-corrected chi connectivity index (χ0v) is 17.5. The summed E-state index contributed by atoms with van der Waals surface area (Å²) in [4.78, 5) is 13.2. The molecule has 1 aliphatic rings. The van der Waals surface area contributed by atoms with E-state index in [1.54, 1.807) is 11.3 Å². The first-order valence-corrected chi connectivity index (χ1v) is 10.7. The second kappa shape index (κ2) is 9.85. The maximum atomic E-state index is 4.75. The first-order valence-electron chi connectivity index (χ1n) is 9.90. The van der Waals surface area contributed by atoms with Gasteiger partial charge in [-0.15, -0.1) is 11.3 Å². The van der Waals surface area contributed by atoms with Gasteiger partial charge in [0.1, 0.15) is 0 Å². The Bertz CT molecular complexity index is 748. The van der Waals surface area contributed by atoms with E-state index < -0.39 is 0 Å². The molecule has 0 bridgehead atoms. The largest absolute Gasteiger partial charge is 0.357 e.